The smallest absolute Gasteiger partial charge is 0.147 e. The van der Waals surface area contributed by atoms with E-state index >= 15 is 0 Å². The number of nitrogens with zero attached hydrogens (tertiary/aromatic N) is 2. The van der Waals surface area contributed by atoms with Crippen LogP contribution in [0, 0.1) is 13.8 Å². The molecular formula is C16H23N3S. The second-order valence-corrected chi connectivity index (χ2v) is 7.37. The topological polar surface area (TPSA) is 37.8 Å². The van der Waals surface area contributed by atoms with E-state index in [2.05, 4.69) is 68.3 Å². The van der Waals surface area contributed by atoms with Gasteiger partial charge in [0.05, 0.1) is 0 Å². The van der Waals surface area contributed by atoms with Gasteiger partial charge in [-0.05, 0) is 46.8 Å². The van der Waals surface area contributed by atoms with Crippen molar-refractivity contribution in [3.63, 3.8) is 0 Å². The molecule has 0 unspecified atom stereocenters. The molecule has 0 atom stereocenters. The molecule has 0 saturated carbocycles. The lowest BCUT2D eigenvalue weighted by Crippen LogP contribution is -2.37. The maximum absolute atomic E-state index is 4.32. The molecule has 0 bridgehead atoms. The molecule has 0 amide bonds. The van der Waals surface area contributed by atoms with E-state index in [1.807, 2.05) is 0 Å². The van der Waals surface area contributed by atoms with Crippen LogP contribution in [0.5, 0.6) is 0 Å². The molecule has 0 aliphatic heterocycles. The molecule has 2 aromatic rings. The van der Waals surface area contributed by atoms with Gasteiger partial charge in [0.25, 0.3) is 0 Å². The molecule has 108 valence electrons. The first-order valence-electron chi connectivity index (χ1n) is 6.99. The first-order chi connectivity index (χ1) is 9.33. The highest BCUT2D eigenvalue weighted by molar-refractivity contribution is 7.14. The van der Waals surface area contributed by atoms with E-state index in [0.29, 0.717) is 0 Å². The van der Waals surface area contributed by atoms with Gasteiger partial charge < -0.3 is 5.32 Å². The van der Waals surface area contributed by atoms with Gasteiger partial charge in [-0.3, -0.25) is 0 Å². The summed E-state index contributed by atoms with van der Waals surface area (Å²) >= 11 is 1.69. The number of rotatable bonds is 4. The normalized spacial score (nSPS) is 11.8. The lowest BCUT2D eigenvalue weighted by Gasteiger charge is -2.19. The highest BCUT2D eigenvalue weighted by Crippen LogP contribution is 2.25. The van der Waals surface area contributed by atoms with Crippen LogP contribution in [-0.4, -0.2) is 22.3 Å². The van der Waals surface area contributed by atoms with E-state index in [9.17, 15) is 0 Å². The van der Waals surface area contributed by atoms with Crippen LogP contribution in [0.3, 0.4) is 0 Å². The van der Waals surface area contributed by atoms with Crippen LogP contribution >= 0.6 is 11.3 Å². The molecule has 0 aliphatic rings. The Kier molecular flexibility index (Phi) is 4.55. The summed E-state index contributed by atoms with van der Waals surface area (Å²) in [6.45, 7) is 11.7. The second-order valence-electron chi connectivity index (χ2n) is 6.30. The Hall–Kier alpha value is -1.26. The molecule has 0 saturated heterocycles. The monoisotopic (exact) mass is 289 g/mol. The minimum Gasteiger partial charge on any atom is -0.312 e. The molecule has 3 nitrogen and oxygen atoms in total. The maximum Gasteiger partial charge on any atom is 0.147 e. The summed E-state index contributed by atoms with van der Waals surface area (Å²) in [6, 6.07) is 6.52. The number of benzene rings is 1. The Labute approximate surface area is 125 Å². The number of aryl methyl sites for hydroxylation is 2. The van der Waals surface area contributed by atoms with Crippen molar-refractivity contribution in [1.82, 2.24) is 15.5 Å². The molecule has 1 aromatic carbocycles. The molecule has 2 rings (SSSR count). The van der Waals surface area contributed by atoms with Gasteiger partial charge >= 0.3 is 0 Å². The fourth-order valence-electron chi connectivity index (χ4n) is 2.11. The molecule has 0 spiro atoms. The van der Waals surface area contributed by atoms with Crippen molar-refractivity contribution >= 4 is 11.3 Å². The Bertz CT molecular complexity index is 561. The number of nitrogens with one attached hydrogen (secondary N) is 1. The van der Waals surface area contributed by atoms with Gasteiger partial charge in [0.1, 0.15) is 10.0 Å². The molecule has 4 heteroatoms. The Balaban J connectivity index is 2.05. The predicted molar refractivity (Wildman–Crippen MR) is 86.3 cm³/mol. The average Bonchev–Trinajstić information content (AvgIpc) is 2.74. The first kappa shape index (κ1) is 15.1. The summed E-state index contributed by atoms with van der Waals surface area (Å²) in [7, 11) is 0. The van der Waals surface area contributed by atoms with Crippen LogP contribution in [0.15, 0.2) is 18.2 Å². The van der Waals surface area contributed by atoms with Crippen LogP contribution < -0.4 is 5.32 Å². The summed E-state index contributed by atoms with van der Waals surface area (Å²) in [4.78, 5) is 0. The Morgan fingerprint density at radius 1 is 1.05 bits per heavy atom. The molecular weight excluding hydrogens is 266 g/mol. The van der Waals surface area contributed by atoms with Crippen LogP contribution in [0.2, 0.25) is 0 Å². The van der Waals surface area contributed by atoms with Crippen LogP contribution in [0.25, 0.3) is 10.6 Å². The van der Waals surface area contributed by atoms with Gasteiger partial charge in [-0.2, -0.15) is 0 Å². The van der Waals surface area contributed by atoms with E-state index in [1.54, 1.807) is 11.3 Å². The Morgan fingerprint density at radius 2 is 1.70 bits per heavy atom. The van der Waals surface area contributed by atoms with E-state index < -0.39 is 0 Å². The Morgan fingerprint density at radius 3 is 2.30 bits per heavy atom. The van der Waals surface area contributed by atoms with Crippen molar-refractivity contribution in [2.24, 2.45) is 0 Å². The van der Waals surface area contributed by atoms with Gasteiger partial charge in [-0.15, -0.1) is 10.2 Å². The van der Waals surface area contributed by atoms with Gasteiger partial charge in [-0.1, -0.05) is 28.5 Å². The quantitative estimate of drug-likeness (QED) is 0.931. The first-order valence-corrected chi connectivity index (χ1v) is 7.81. The van der Waals surface area contributed by atoms with Crippen molar-refractivity contribution in [2.45, 2.75) is 46.6 Å². The molecule has 0 radical (unpaired) electrons. The summed E-state index contributed by atoms with van der Waals surface area (Å²) in [5.41, 5.74) is 3.87. The average molecular weight is 289 g/mol. The van der Waals surface area contributed by atoms with Crippen molar-refractivity contribution in [1.29, 1.82) is 0 Å². The van der Waals surface area contributed by atoms with E-state index in [1.165, 1.54) is 16.7 Å². The SMILES string of the molecule is Cc1cc(C)cc(-c2nnc(CCNC(C)(C)C)s2)c1. The molecule has 20 heavy (non-hydrogen) atoms. The van der Waals surface area contributed by atoms with Crippen molar-refractivity contribution in [3.8, 4) is 10.6 Å². The van der Waals surface area contributed by atoms with Gasteiger partial charge in [-0.25, -0.2) is 0 Å². The van der Waals surface area contributed by atoms with Gasteiger partial charge in [0, 0.05) is 24.1 Å². The molecule has 1 aromatic heterocycles. The molecule has 0 fully saturated rings. The van der Waals surface area contributed by atoms with E-state index in [0.717, 1.165) is 23.0 Å². The number of hydrogen-bond donors (Lipinski definition) is 1. The second kappa shape index (κ2) is 6.02. The molecule has 1 heterocycles. The fraction of sp³-hybridized carbons (Fsp3) is 0.500. The third kappa shape index (κ3) is 4.39. The summed E-state index contributed by atoms with van der Waals surface area (Å²) in [5, 5.41) is 14.2. The van der Waals surface area contributed by atoms with Crippen LogP contribution in [0.4, 0.5) is 0 Å². The third-order valence-corrected chi connectivity index (χ3v) is 3.96. The zero-order valence-electron chi connectivity index (χ0n) is 12.9. The zero-order chi connectivity index (χ0) is 14.8. The van der Waals surface area contributed by atoms with Crippen LogP contribution in [0.1, 0.15) is 36.9 Å². The molecule has 0 aliphatic carbocycles. The lowest BCUT2D eigenvalue weighted by molar-refractivity contribution is 0.429. The fourth-order valence-corrected chi connectivity index (χ4v) is 2.94. The zero-order valence-corrected chi connectivity index (χ0v) is 13.8. The minimum absolute atomic E-state index is 0.154. The third-order valence-electron chi connectivity index (χ3n) is 2.93. The highest BCUT2D eigenvalue weighted by Gasteiger charge is 2.10. The van der Waals surface area contributed by atoms with Gasteiger partial charge in [0.15, 0.2) is 0 Å². The van der Waals surface area contributed by atoms with Crippen molar-refractivity contribution < 1.29 is 0 Å². The standard InChI is InChI=1S/C16H23N3S/c1-11-8-12(2)10-13(9-11)15-19-18-14(20-15)6-7-17-16(3,4)5/h8-10,17H,6-7H2,1-5H3. The lowest BCUT2D eigenvalue weighted by atomic mass is 10.1. The van der Waals surface area contributed by atoms with Crippen LogP contribution in [-0.2, 0) is 6.42 Å². The molecule has 1 N–H and O–H groups in total. The number of aromatic nitrogens is 2. The van der Waals surface area contributed by atoms with E-state index in [-0.39, 0.29) is 5.54 Å². The van der Waals surface area contributed by atoms with Gasteiger partial charge in [0.2, 0.25) is 0 Å². The highest BCUT2D eigenvalue weighted by atomic mass is 32.1. The van der Waals surface area contributed by atoms with Crippen molar-refractivity contribution in [3.05, 3.63) is 34.3 Å². The summed E-state index contributed by atoms with van der Waals surface area (Å²) in [6.07, 6.45) is 0.930. The largest absolute Gasteiger partial charge is 0.312 e. The summed E-state index contributed by atoms with van der Waals surface area (Å²) < 4.78 is 0. The predicted octanol–water partition coefficient (Wildman–Crippen LogP) is 3.75. The van der Waals surface area contributed by atoms with Crippen molar-refractivity contribution in [2.75, 3.05) is 6.54 Å². The summed E-state index contributed by atoms with van der Waals surface area (Å²) in [5.74, 6) is 0. The van der Waals surface area contributed by atoms with E-state index in [4.69, 9.17) is 0 Å². The maximum atomic E-state index is 4.32. The minimum atomic E-state index is 0.154. The number of hydrogen-bond acceptors (Lipinski definition) is 4.